The second kappa shape index (κ2) is 14.8. The fourth-order valence-corrected chi connectivity index (χ4v) is 5.55. The van der Waals surface area contributed by atoms with Gasteiger partial charge in [-0.15, -0.1) is 0 Å². The Morgan fingerprint density at radius 2 is 1.69 bits per heavy atom. The molecular formula is C29H41N3O6S. The van der Waals surface area contributed by atoms with Crippen LogP contribution in [0.1, 0.15) is 51.5 Å². The smallest absolute Gasteiger partial charge is 0.242 e. The number of hydrogen-bond donors (Lipinski definition) is 1. The number of benzene rings is 2. The Bertz CT molecular complexity index is 1190. The molecule has 1 aliphatic rings. The molecule has 0 saturated heterocycles. The minimum atomic E-state index is -3.61. The van der Waals surface area contributed by atoms with E-state index < -0.39 is 16.1 Å². The lowest BCUT2D eigenvalue weighted by atomic mass is 10.1. The van der Waals surface area contributed by atoms with Gasteiger partial charge in [-0.05, 0) is 43.4 Å². The topological polar surface area (TPSA) is 105 Å². The van der Waals surface area contributed by atoms with E-state index in [1.165, 1.54) is 4.31 Å². The molecule has 3 rings (SSSR count). The van der Waals surface area contributed by atoms with E-state index in [0.717, 1.165) is 24.7 Å². The summed E-state index contributed by atoms with van der Waals surface area (Å²) in [4.78, 5) is 28.2. The largest absolute Gasteiger partial charge is 0.486 e. The van der Waals surface area contributed by atoms with E-state index in [4.69, 9.17) is 9.47 Å². The van der Waals surface area contributed by atoms with Crippen molar-refractivity contribution in [3.63, 3.8) is 0 Å². The Morgan fingerprint density at radius 1 is 0.974 bits per heavy atom. The van der Waals surface area contributed by atoms with E-state index in [2.05, 4.69) is 12.2 Å². The van der Waals surface area contributed by atoms with Gasteiger partial charge < -0.3 is 19.7 Å². The summed E-state index contributed by atoms with van der Waals surface area (Å²) >= 11 is 0. The standard InChI is InChI=1S/C29H41N3O6S/c1-4-6-17-30-29(34)25(5-2)31(19-16-23-11-8-7-9-12-23)28(33)13-10-18-32(39(3,35)36)24-14-15-26-27(22-24)38-21-20-37-26/h7-9,11-12,14-15,22,25H,4-6,10,13,16-21H2,1-3H3,(H,30,34). The first-order valence-electron chi connectivity index (χ1n) is 13.7. The van der Waals surface area contributed by atoms with Crippen molar-refractivity contribution in [2.75, 3.05) is 43.4 Å². The number of carbonyl (C=O) groups excluding carboxylic acids is 2. The summed E-state index contributed by atoms with van der Waals surface area (Å²) in [7, 11) is -3.61. The summed E-state index contributed by atoms with van der Waals surface area (Å²) in [6, 6.07) is 14.3. The van der Waals surface area contributed by atoms with Crippen molar-refractivity contribution in [3.05, 3.63) is 54.1 Å². The van der Waals surface area contributed by atoms with Gasteiger partial charge in [0.15, 0.2) is 11.5 Å². The monoisotopic (exact) mass is 559 g/mol. The van der Waals surface area contributed by atoms with Crippen LogP contribution in [0.15, 0.2) is 48.5 Å². The fraction of sp³-hybridized carbons (Fsp3) is 0.517. The van der Waals surface area contributed by atoms with E-state index >= 15 is 0 Å². The molecule has 0 radical (unpaired) electrons. The van der Waals surface area contributed by atoms with E-state index in [1.807, 2.05) is 37.3 Å². The second-order valence-corrected chi connectivity index (χ2v) is 11.6. The van der Waals surface area contributed by atoms with Gasteiger partial charge in [-0.2, -0.15) is 0 Å². The van der Waals surface area contributed by atoms with Gasteiger partial charge in [0.1, 0.15) is 19.3 Å². The minimum absolute atomic E-state index is 0.115. The first-order valence-corrected chi connectivity index (χ1v) is 15.6. The Morgan fingerprint density at radius 3 is 2.36 bits per heavy atom. The summed E-state index contributed by atoms with van der Waals surface area (Å²) in [6.07, 6.45) is 4.52. The van der Waals surface area contributed by atoms with Crippen LogP contribution in [0.25, 0.3) is 0 Å². The van der Waals surface area contributed by atoms with Gasteiger partial charge in [-0.3, -0.25) is 13.9 Å². The highest BCUT2D eigenvalue weighted by Gasteiger charge is 2.28. The quantitative estimate of drug-likeness (QED) is 0.333. The highest BCUT2D eigenvalue weighted by molar-refractivity contribution is 7.92. The van der Waals surface area contributed by atoms with Crippen molar-refractivity contribution in [2.24, 2.45) is 0 Å². The lowest BCUT2D eigenvalue weighted by Gasteiger charge is -2.31. The third kappa shape index (κ3) is 8.88. The van der Waals surface area contributed by atoms with Crippen LogP contribution in [0.5, 0.6) is 11.5 Å². The van der Waals surface area contributed by atoms with Crippen LogP contribution >= 0.6 is 0 Å². The van der Waals surface area contributed by atoms with Crippen LogP contribution in [0, 0.1) is 0 Å². The predicted molar refractivity (Wildman–Crippen MR) is 153 cm³/mol. The van der Waals surface area contributed by atoms with Crippen LogP contribution in [0.4, 0.5) is 5.69 Å². The van der Waals surface area contributed by atoms with E-state index in [1.54, 1.807) is 23.1 Å². The number of anilines is 1. The van der Waals surface area contributed by atoms with Crippen LogP contribution < -0.4 is 19.1 Å². The van der Waals surface area contributed by atoms with Gasteiger partial charge in [0, 0.05) is 32.1 Å². The molecule has 2 aromatic carbocycles. The molecule has 0 aliphatic carbocycles. The second-order valence-electron chi connectivity index (χ2n) is 9.66. The predicted octanol–water partition coefficient (Wildman–Crippen LogP) is 3.77. The van der Waals surface area contributed by atoms with Crippen molar-refractivity contribution in [1.29, 1.82) is 0 Å². The third-order valence-electron chi connectivity index (χ3n) is 6.67. The number of carbonyl (C=O) groups is 2. The third-order valence-corrected chi connectivity index (χ3v) is 7.86. The summed E-state index contributed by atoms with van der Waals surface area (Å²) in [5.41, 5.74) is 1.54. The molecule has 9 nitrogen and oxygen atoms in total. The van der Waals surface area contributed by atoms with E-state index in [0.29, 0.717) is 62.8 Å². The first kappa shape index (κ1) is 30.3. The van der Waals surface area contributed by atoms with Crippen molar-refractivity contribution < 1.29 is 27.5 Å². The highest BCUT2D eigenvalue weighted by atomic mass is 32.2. The van der Waals surface area contributed by atoms with Gasteiger partial charge in [0.2, 0.25) is 21.8 Å². The van der Waals surface area contributed by atoms with Crippen molar-refractivity contribution in [3.8, 4) is 11.5 Å². The van der Waals surface area contributed by atoms with E-state index in [9.17, 15) is 18.0 Å². The molecule has 1 unspecified atom stereocenters. The Hall–Kier alpha value is -3.27. The lowest BCUT2D eigenvalue weighted by molar-refractivity contribution is -0.140. The van der Waals surface area contributed by atoms with E-state index in [-0.39, 0.29) is 24.8 Å². The number of unbranched alkanes of at least 4 members (excludes halogenated alkanes) is 1. The summed E-state index contributed by atoms with van der Waals surface area (Å²) in [6.45, 7) is 5.90. The number of hydrogen-bond acceptors (Lipinski definition) is 6. The molecule has 1 heterocycles. The molecule has 0 aromatic heterocycles. The maximum atomic E-state index is 13.5. The first-order chi connectivity index (χ1) is 18.7. The molecular weight excluding hydrogens is 518 g/mol. The van der Waals surface area contributed by atoms with Crippen LogP contribution in [0.2, 0.25) is 0 Å². The van der Waals surface area contributed by atoms with Crippen LogP contribution in [0.3, 0.4) is 0 Å². The SMILES string of the molecule is CCCCNC(=O)C(CC)N(CCc1ccccc1)C(=O)CCCN(c1ccc2c(c1)OCCO2)S(C)(=O)=O. The maximum absolute atomic E-state index is 13.5. The van der Waals surface area contributed by atoms with Crippen LogP contribution in [-0.2, 0) is 26.0 Å². The number of nitrogens with zero attached hydrogens (tertiary/aromatic N) is 2. The average Bonchev–Trinajstić information content (AvgIpc) is 2.93. The zero-order chi connectivity index (χ0) is 28.3. The molecule has 1 aliphatic heterocycles. The zero-order valence-corrected chi connectivity index (χ0v) is 24.0. The number of amides is 2. The van der Waals surface area contributed by atoms with Gasteiger partial charge in [0.25, 0.3) is 0 Å². The van der Waals surface area contributed by atoms with Gasteiger partial charge >= 0.3 is 0 Å². The normalized spacial score (nSPS) is 13.4. The summed E-state index contributed by atoms with van der Waals surface area (Å²) in [5.74, 6) is 0.751. The maximum Gasteiger partial charge on any atom is 0.242 e. The molecule has 10 heteroatoms. The fourth-order valence-electron chi connectivity index (χ4n) is 4.59. The zero-order valence-electron chi connectivity index (χ0n) is 23.2. The van der Waals surface area contributed by atoms with Gasteiger partial charge in [0.05, 0.1) is 11.9 Å². The van der Waals surface area contributed by atoms with Crippen molar-refractivity contribution in [2.45, 2.75) is 58.4 Å². The number of nitrogens with one attached hydrogen (secondary N) is 1. The molecule has 0 saturated carbocycles. The molecule has 0 fully saturated rings. The molecule has 39 heavy (non-hydrogen) atoms. The molecule has 1 atom stereocenters. The number of rotatable bonds is 15. The van der Waals surface area contributed by atoms with Gasteiger partial charge in [-0.25, -0.2) is 8.42 Å². The van der Waals surface area contributed by atoms with Crippen molar-refractivity contribution >= 4 is 27.5 Å². The molecule has 2 aromatic rings. The molecule has 1 N–H and O–H groups in total. The Labute approximate surface area is 232 Å². The van der Waals surface area contributed by atoms with Gasteiger partial charge in [-0.1, -0.05) is 50.6 Å². The number of fused-ring (bicyclic) bond motifs is 1. The summed E-state index contributed by atoms with van der Waals surface area (Å²) in [5, 5.41) is 2.97. The minimum Gasteiger partial charge on any atom is -0.486 e. The summed E-state index contributed by atoms with van der Waals surface area (Å²) < 4.78 is 37.7. The average molecular weight is 560 g/mol. The molecule has 214 valence electrons. The molecule has 0 spiro atoms. The van der Waals surface area contributed by atoms with Crippen LogP contribution in [-0.4, -0.2) is 70.3 Å². The van der Waals surface area contributed by atoms with Crippen molar-refractivity contribution in [1.82, 2.24) is 10.2 Å². The highest BCUT2D eigenvalue weighted by Crippen LogP contribution is 2.34. The lowest BCUT2D eigenvalue weighted by Crippen LogP contribution is -2.50. The molecule has 0 bridgehead atoms. The molecule has 2 amide bonds. The number of sulfonamides is 1. The Kier molecular flexibility index (Phi) is 11.5. The number of ether oxygens (including phenoxy) is 2. The Balaban J connectivity index is 1.71.